The minimum Gasteiger partial charge on any atom is -0.484 e. The number of aryl methyl sites for hydroxylation is 1. The average molecular weight is 448 g/mol. The number of nitro groups is 1. The second kappa shape index (κ2) is 9.88. The molecule has 0 saturated carbocycles. The van der Waals surface area contributed by atoms with Gasteiger partial charge in [-0.1, -0.05) is 17.7 Å². The van der Waals surface area contributed by atoms with Gasteiger partial charge in [0.25, 0.3) is 11.6 Å². The van der Waals surface area contributed by atoms with E-state index in [0.717, 1.165) is 18.4 Å². The molecule has 0 aliphatic carbocycles. The van der Waals surface area contributed by atoms with Gasteiger partial charge in [0.1, 0.15) is 5.75 Å². The van der Waals surface area contributed by atoms with Gasteiger partial charge in [-0.3, -0.25) is 14.9 Å². The summed E-state index contributed by atoms with van der Waals surface area (Å²) in [7, 11) is -3.60. The lowest BCUT2D eigenvalue weighted by atomic mass is 9.98. The molecule has 1 atom stereocenters. The topological polar surface area (TPSA) is 119 Å². The third-order valence-corrected chi connectivity index (χ3v) is 6.61. The SMILES string of the molecule is Cc1ccc(S(=O)(=O)NCC2CCCN(C(=O)COc3ccc([N+](=O)[O-])cc3)C2)cc1. The molecule has 1 unspecified atom stereocenters. The summed E-state index contributed by atoms with van der Waals surface area (Å²) >= 11 is 0. The molecule has 1 aliphatic heterocycles. The standard InChI is InChI=1S/C21H25N3O6S/c1-16-4-10-20(11-5-16)31(28,29)22-13-17-3-2-12-23(14-17)21(25)15-30-19-8-6-18(7-9-19)24(26)27/h4-11,17,22H,2-3,12-15H2,1H3. The van der Waals surface area contributed by atoms with E-state index >= 15 is 0 Å². The predicted molar refractivity (Wildman–Crippen MR) is 114 cm³/mol. The summed E-state index contributed by atoms with van der Waals surface area (Å²) in [6.07, 6.45) is 1.60. The van der Waals surface area contributed by atoms with E-state index in [-0.39, 0.29) is 35.6 Å². The second-order valence-electron chi connectivity index (χ2n) is 7.55. The molecular formula is C21H25N3O6S. The molecule has 1 saturated heterocycles. The number of hydrogen-bond donors (Lipinski definition) is 1. The Morgan fingerprint density at radius 2 is 1.87 bits per heavy atom. The summed E-state index contributed by atoms with van der Waals surface area (Å²) < 4.78 is 33.0. The van der Waals surface area contributed by atoms with Gasteiger partial charge in [0.05, 0.1) is 9.82 Å². The van der Waals surface area contributed by atoms with Crippen molar-refractivity contribution in [3.05, 3.63) is 64.2 Å². The lowest BCUT2D eigenvalue weighted by molar-refractivity contribution is -0.384. The fourth-order valence-electron chi connectivity index (χ4n) is 3.39. The highest BCUT2D eigenvalue weighted by Crippen LogP contribution is 2.19. The molecule has 2 aromatic carbocycles. The molecular weight excluding hydrogens is 422 g/mol. The van der Waals surface area contributed by atoms with Crippen molar-refractivity contribution >= 4 is 21.6 Å². The number of carbonyl (C=O) groups is 1. The second-order valence-corrected chi connectivity index (χ2v) is 9.32. The van der Waals surface area contributed by atoms with Crippen LogP contribution in [0.15, 0.2) is 53.4 Å². The predicted octanol–water partition coefficient (Wildman–Crippen LogP) is 2.50. The zero-order valence-corrected chi connectivity index (χ0v) is 18.0. The van der Waals surface area contributed by atoms with Crippen molar-refractivity contribution in [2.45, 2.75) is 24.7 Å². The molecule has 2 aromatic rings. The van der Waals surface area contributed by atoms with Crippen molar-refractivity contribution in [1.29, 1.82) is 0 Å². The van der Waals surface area contributed by atoms with E-state index in [1.54, 1.807) is 29.2 Å². The Bertz CT molecular complexity index is 1020. The van der Waals surface area contributed by atoms with Gasteiger partial charge in [0.2, 0.25) is 10.0 Å². The molecule has 1 heterocycles. The summed E-state index contributed by atoms with van der Waals surface area (Å²) in [5.41, 5.74) is 0.932. The number of nitrogens with one attached hydrogen (secondary N) is 1. The van der Waals surface area contributed by atoms with Crippen LogP contribution in [0.4, 0.5) is 5.69 Å². The summed E-state index contributed by atoms with van der Waals surface area (Å²) in [4.78, 5) is 24.6. The van der Waals surface area contributed by atoms with Crippen LogP contribution in [0, 0.1) is 23.0 Å². The number of sulfonamides is 1. The van der Waals surface area contributed by atoms with E-state index < -0.39 is 14.9 Å². The number of hydrogen-bond acceptors (Lipinski definition) is 6. The molecule has 1 aliphatic rings. The van der Waals surface area contributed by atoms with Crippen LogP contribution in [-0.2, 0) is 14.8 Å². The van der Waals surface area contributed by atoms with Crippen molar-refractivity contribution in [1.82, 2.24) is 9.62 Å². The largest absolute Gasteiger partial charge is 0.484 e. The molecule has 3 rings (SSSR count). The van der Waals surface area contributed by atoms with Crippen molar-refractivity contribution in [2.75, 3.05) is 26.2 Å². The molecule has 0 radical (unpaired) electrons. The van der Waals surface area contributed by atoms with E-state index in [4.69, 9.17) is 4.74 Å². The number of nitrogens with zero attached hydrogens (tertiary/aromatic N) is 2. The Hall–Kier alpha value is -2.98. The van der Waals surface area contributed by atoms with Crippen LogP contribution < -0.4 is 9.46 Å². The van der Waals surface area contributed by atoms with Gasteiger partial charge >= 0.3 is 0 Å². The van der Waals surface area contributed by atoms with Crippen molar-refractivity contribution in [2.24, 2.45) is 5.92 Å². The number of amides is 1. The van der Waals surface area contributed by atoms with Gasteiger partial charge in [0.15, 0.2) is 6.61 Å². The van der Waals surface area contributed by atoms with E-state index in [9.17, 15) is 23.3 Å². The first-order valence-electron chi connectivity index (χ1n) is 9.96. The third-order valence-electron chi connectivity index (χ3n) is 5.17. The molecule has 1 amide bonds. The molecule has 166 valence electrons. The summed E-state index contributed by atoms with van der Waals surface area (Å²) in [6.45, 7) is 2.99. The van der Waals surface area contributed by atoms with Crippen LogP contribution in [0.25, 0.3) is 0 Å². The van der Waals surface area contributed by atoms with E-state index in [1.165, 1.54) is 24.3 Å². The van der Waals surface area contributed by atoms with Gasteiger partial charge in [0, 0.05) is 31.8 Å². The highest BCUT2D eigenvalue weighted by molar-refractivity contribution is 7.89. The molecule has 0 aromatic heterocycles. The van der Waals surface area contributed by atoms with Gasteiger partial charge in [-0.2, -0.15) is 0 Å². The lowest BCUT2D eigenvalue weighted by Gasteiger charge is -2.32. The maximum atomic E-state index is 12.5. The van der Waals surface area contributed by atoms with Gasteiger partial charge in [-0.25, -0.2) is 13.1 Å². The zero-order valence-electron chi connectivity index (χ0n) is 17.2. The Kier molecular flexibility index (Phi) is 7.24. The quantitative estimate of drug-likeness (QED) is 0.491. The van der Waals surface area contributed by atoms with Crippen LogP contribution in [0.5, 0.6) is 5.75 Å². The average Bonchev–Trinajstić information content (AvgIpc) is 2.77. The Balaban J connectivity index is 1.49. The number of nitro benzene ring substituents is 1. The summed E-state index contributed by atoms with van der Waals surface area (Å²) in [5, 5.41) is 10.7. The minimum atomic E-state index is -3.60. The number of benzene rings is 2. The normalized spacial score (nSPS) is 16.7. The van der Waals surface area contributed by atoms with E-state index in [2.05, 4.69) is 4.72 Å². The third kappa shape index (κ3) is 6.25. The van der Waals surface area contributed by atoms with Crippen LogP contribution in [0.2, 0.25) is 0 Å². The van der Waals surface area contributed by atoms with Crippen LogP contribution in [0.1, 0.15) is 18.4 Å². The Morgan fingerprint density at radius 3 is 2.52 bits per heavy atom. The summed E-state index contributed by atoms with van der Waals surface area (Å²) in [6, 6.07) is 12.2. The van der Waals surface area contributed by atoms with Gasteiger partial charge in [-0.05, 0) is 49.9 Å². The number of rotatable bonds is 8. The first-order chi connectivity index (χ1) is 14.7. The molecule has 31 heavy (non-hydrogen) atoms. The molecule has 0 bridgehead atoms. The van der Waals surface area contributed by atoms with Gasteiger partial charge < -0.3 is 9.64 Å². The molecule has 1 N–H and O–H groups in total. The maximum Gasteiger partial charge on any atom is 0.269 e. The van der Waals surface area contributed by atoms with Crippen LogP contribution in [-0.4, -0.2) is 50.4 Å². The smallest absolute Gasteiger partial charge is 0.269 e. The minimum absolute atomic E-state index is 0.0114. The first kappa shape index (κ1) is 22.7. The zero-order chi connectivity index (χ0) is 22.4. The number of carbonyl (C=O) groups excluding carboxylic acids is 1. The monoisotopic (exact) mass is 447 g/mol. The lowest BCUT2D eigenvalue weighted by Crippen LogP contribution is -2.45. The van der Waals surface area contributed by atoms with Crippen molar-refractivity contribution in [3.63, 3.8) is 0 Å². The number of ether oxygens (including phenoxy) is 1. The van der Waals surface area contributed by atoms with E-state index in [0.29, 0.717) is 18.8 Å². The number of piperidine rings is 1. The fraction of sp³-hybridized carbons (Fsp3) is 0.381. The van der Waals surface area contributed by atoms with E-state index in [1.807, 2.05) is 6.92 Å². The maximum absolute atomic E-state index is 12.5. The Labute approximate surface area is 181 Å². The van der Waals surface area contributed by atoms with Crippen LogP contribution >= 0.6 is 0 Å². The number of non-ortho nitro benzene ring substituents is 1. The first-order valence-corrected chi connectivity index (χ1v) is 11.4. The van der Waals surface area contributed by atoms with Crippen molar-refractivity contribution < 1.29 is 22.9 Å². The molecule has 9 nitrogen and oxygen atoms in total. The summed E-state index contributed by atoms with van der Waals surface area (Å²) in [5.74, 6) is 0.181. The fourth-order valence-corrected chi connectivity index (χ4v) is 4.50. The van der Waals surface area contributed by atoms with Gasteiger partial charge in [-0.15, -0.1) is 0 Å². The van der Waals surface area contributed by atoms with Crippen LogP contribution in [0.3, 0.4) is 0 Å². The molecule has 10 heteroatoms. The molecule has 1 fully saturated rings. The van der Waals surface area contributed by atoms with Crippen molar-refractivity contribution in [3.8, 4) is 5.75 Å². The number of likely N-dealkylation sites (tertiary alicyclic amines) is 1. The highest BCUT2D eigenvalue weighted by atomic mass is 32.2. The molecule has 0 spiro atoms. The highest BCUT2D eigenvalue weighted by Gasteiger charge is 2.25. The Morgan fingerprint density at radius 1 is 1.19 bits per heavy atom.